The largest absolute Gasteiger partial charge is 0.326 e. The normalized spacial score (nSPS) is 17.4. The van der Waals surface area contributed by atoms with Crippen molar-refractivity contribution in [3.05, 3.63) is 60.2 Å². The van der Waals surface area contributed by atoms with Gasteiger partial charge in [0.05, 0.1) is 5.92 Å². The van der Waals surface area contributed by atoms with Crippen LogP contribution in [0.4, 0.5) is 11.4 Å². The molecule has 4 nitrogen and oxygen atoms in total. The first-order chi connectivity index (χ1) is 11.6. The fourth-order valence-electron chi connectivity index (χ4n) is 3.09. The number of amides is 2. The standard InChI is InChI=1S/C20H22N2O2/c1-14(2)17-10-6-7-11-18(17)21-20(24)15-12-19(23)22(13-15)16-8-4-3-5-9-16/h3-11,14-15H,12-13H2,1-2H3,(H,21,24)/t15-/m1/s1. The minimum absolute atomic E-state index is 0.00139. The van der Waals surface area contributed by atoms with E-state index in [0.717, 1.165) is 16.9 Å². The lowest BCUT2D eigenvalue weighted by Crippen LogP contribution is -2.28. The minimum atomic E-state index is -0.321. The molecule has 0 unspecified atom stereocenters. The molecule has 1 aliphatic heterocycles. The van der Waals surface area contributed by atoms with E-state index < -0.39 is 0 Å². The summed E-state index contributed by atoms with van der Waals surface area (Å²) in [6.07, 6.45) is 0.255. The smallest absolute Gasteiger partial charge is 0.229 e. The third-order valence-corrected chi connectivity index (χ3v) is 4.40. The molecule has 4 heteroatoms. The molecule has 2 aromatic rings. The molecule has 1 heterocycles. The molecular weight excluding hydrogens is 300 g/mol. The van der Waals surface area contributed by atoms with Crippen LogP contribution in [0.2, 0.25) is 0 Å². The van der Waals surface area contributed by atoms with Crippen molar-refractivity contribution >= 4 is 23.2 Å². The van der Waals surface area contributed by atoms with Crippen LogP contribution in [-0.4, -0.2) is 18.4 Å². The average molecular weight is 322 g/mol. The van der Waals surface area contributed by atoms with Crippen LogP contribution < -0.4 is 10.2 Å². The number of nitrogens with one attached hydrogen (secondary N) is 1. The van der Waals surface area contributed by atoms with Gasteiger partial charge >= 0.3 is 0 Å². The Labute approximate surface area is 142 Å². The molecule has 0 aromatic heterocycles. The van der Waals surface area contributed by atoms with Gasteiger partial charge in [-0.1, -0.05) is 50.2 Å². The Hall–Kier alpha value is -2.62. The fourth-order valence-corrected chi connectivity index (χ4v) is 3.09. The molecule has 2 amide bonds. The molecule has 124 valence electrons. The molecular formula is C20H22N2O2. The average Bonchev–Trinajstić information content (AvgIpc) is 2.98. The maximum Gasteiger partial charge on any atom is 0.229 e. The van der Waals surface area contributed by atoms with E-state index in [4.69, 9.17) is 0 Å². The number of hydrogen-bond acceptors (Lipinski definition) is 2. The third kappa shape index (κ3) is 3.32. The van der Waals surface area contributed by atoms with Gasteiger partial charge < -0.3 is 10.2 Å². The van der Waals surface area contributed by atoms with E-state index in [1.807, 2.05) is 54.6 Å². The van der Waals surface area contributed by atoms with E-state index >= 15 is 0 Å². The topological polar surface area (TPSA) is 49.4 Å². The lowest BCUT2D eigenvalue weighted by atomic mass is 10.0. The van der Waals surface area contributed by atoms with Gasteiger partial charge in [-0.05, 0) is 29.7 Å². The fraction of sp³-hybridized carbons (Fsp3) is 0.300. The number of benzene rings is 2. The number of carbonyl (C=O) groups excluding carboxylic acids is 2. The Bertz CT molecular complexity index is 740. The van der Waals surface area contributed by atoms with Crippen molar-refractivity contribution in [1.82, 2.24) is 0 Å². The Morgan fingerprint density at radius 1 is 1.08 bits per heavy atom. The van der Waals surface area contributed by atoms with E-state index in [1.54, 1.807) is 4.90 Å². The SMILES string of the molecule is CC(C)c1ccccc1NC(=O)[C@@H]1CC(=O)N(c2ccccc2)C1. The van der Waals surface area contributed by atoms with Crippen LogP contribution in [0.3, 0.4) is 0 Å². The number of rotatable bonds is 4. The zero-order valence-corrected chi connectivity index (χ0v) is 14.0. The lowest BCUT2D eigenvalue weighted by molar-refractivity contribution is -0.122. The zero-order valence-electron chi connectivity index (χ0n) is 14.0. The summed E-state index contributed by atoms with van der Waals surface area (Å²) < 4.78 is 0. The van der Waals surface area contributed by atoms with E-state index in [9.17, 15) is 9.59 Å². The van der Waals surface area contributed by atoms with Gasteiger partial charge in [-0.25, -0.2) is 0 Å². The van der Waals surface area contributed by atoms with Gasteiger partial charge in [0.15, 0.2) is 0 Å². The third-order valence-electron chi connectivity index (χ3n) is 4.40. The summed E-state index contributed by atoms with van der Waals surface area (Å²) >= 11 is 0. The van der Waals surface area contributed by atoms with Gasteiger partial charge in [0.1, 0.15) is 0 Å². The molecule has 0 spiro atoms. The summed E-state index contributed by atoms with van der Waals surface area (Å²) in [4.78, 5) is 26.6. The van der Waals surface area contributed by atoms with Crippen molar-refractivity contribution in [3.63, 3.8) is 0 Å². The first-order valence-corrected chi connectivity index (χ1v) is 8.31. The molecule has 24 heavy (non-hydrogen) atoms. The first-order valence-electron chi connectivity index (χ1n) is 8.31. The van der Waals surface area contributed by atoms with Crippen LogP contribution in [0.5, 0.6) is 0 Å². The van der Waals surface area contributed by atoms with Gasteiger partial charge in [-0.15, -0.1) is 0 Å². The van der Waals surface area contributed by atoms with Crippen molar-refractivity contribution in [1.29, 1.82) is 0 Å². The van der Waals surface area contributed by atoms with E-state index in [0.29, 0.717) is 12.5 Å². The summed E-state index contributed by atoms with van der Waals surface area (Å²) in [7, 11) is 0. The van der Waals surface area contributed by atoms with E-state index in [1.165, 1.54) is 0 Å². The molecule has 0 aliphatic carbocycles. The number of nitrogens with zero attached hydrogens (tertiary/aromatic N) is 1. The molecule has 1 atom stereocenters. The number of carbonyl (C=O) groups is 2. The van der Waals surface area contributed by atoms with Crippen molar-refractivity contribution in [2.24, 2.45) is 5.92 Å². The molecule has 3 rings (SSSR count). The molecule has 0 radical (unpaired) electrons. The van der Waals surface area contributed by atoms with Crippen LogP contribution >= 0.6 is 0 Å². The van der Waals surface area contributed by atoms with Crippen LogP contribution in [0.25, 0.3) is 0 Å². The summed E-state index contributed by atoms with van der Waals surface area (Å²) in [6.45, 7) is 4.63. The molecule has 0 bridgehead atoms. The maximum absolute atomic E-state index is 12.6. The second-order valence-electron chi connectivity index (χ2n) is 6.47. The zero-order chi connectivity index (χ0) is 17.1. The molecule has 2 aromatic carbocycles. The predicted octanol–water partition coefficient (Wildman–Crippen LogP) is 3.80. The maximum atomic E-state index is 12.6. The molecule has 0 saturated carbocycles. The Morgan fingerprint density at radius 2 is 1.75 bits per heavy atom. The monoisotopic (exact) mass is 322 g/mol. The summed E-state index contributed by atoms with van der Waals surface area (Å²) in [5.41, 5.74) is 2.79. The predicted molar refractivity (Wildman–Crippen MR) is 96.1 cm³/mol. The summed E-state index contributed by atoms with van der Waals surface area (Å²) in [5.74, 6) is -0.0844. The minimum Gasteiger partial charge on any atom is -0.326 e. The van der Waals surface area contributed by atoms with Gasteiger partial charge in [0.25, 0.3) is 0 Å². The Balaban J connectivity index is 1.72. The number of anilines is 2. The van der Waals surface area contributed by atoms with Gasteiger partial charge in [-0.2, -0.15) is 0 Å². The number of para-hydroxylation sites is 2. The highest BCUT2D eigenvalue weighted by Gasteiger charge is 2.35. The van der Waals surface area contributed by atoms with E-state index in [2.05, 4.69) is 19.2 Å². The van der Waals surface area contributed by atoms with Gasteiger partial charge in [0.2, 0.25) is 11.8 Å². The van der Waals surface area contributed by atoms with Crippen LogP contribution in [0.15, 0.2) is 54.6 Å². The van der Waals surface area contributed by atoms with Crippen molar-refractivity contribution < 1.29 is 9.59 Å². The van der Waals surface area contributed by atoms with Crippen molar-refractivity contribution in [2.75, 3.05) is 16.8 Å². The molecule has 1 N–H and O–H groups in total. The lowest BCUT2D eigenvalue weighted by Gasteiger charge is -2.18. The van der Waals surface area contributed by atoms with Crippen molar-refractivity contribution in [2.45, 2.75) is 26.2 Å². The van der Waals surface area contributed by atoms with Crippen LogP contribution in [0.1, 0.15) is 31.7 Å². The molecule has 1 saturated heterocycles. The second-order valence-corrected chi connectivity index (χ2v) is 6.47. The van der Waals surface area contributed by atoms with Crippen LogP contribution in [0, 0.1) is 5.92 Å². The van der Waals surface area contributed by atoms with Gasteiger partial charge in [-0.3, -0.25) is 9.59 Å². The quantitative estimate of drug-likeness (QED) is 0.931. The summed E-state index contributed by atoms with van der Waals surface area (Å²) in [5, 5.41) is 3.01. The Kier molecular flexibility index (Phi) is 4.65. The van der Waals surface area contributed by atoms with Crippen molar-refractivity contribution in [3.8, 4) is 0 Å². The highest BCUT2D eigenvalue weighted by molar-refractivity contribution is 6.03. The Morgan fingerprint density at radius 3 is 2.46 bits per heavy atom. The second kappa shape index (κ2) is 6.87. The molecule has 1 aliphatic rings. The van der Waals surface area contributed by atoms with Gasteiger partial charge in [0, 0.05) is 24.3 Å². The number of hydrogen-bond donors (Lipinski definition) is 1. The van der Waals surface area contributed by atoms with E-state index in [-0.39, 0.29) is 24.2 Å². The highest BCUT2D eigenvalue weighted by atomic mass is 16.2. The molecule has 1 fully saturated rings. The van der Waals surface area contributed by atoms with Crippen LogP contribution in [-0.2, 0) is 9.59 Å². The first kappa shape index (κ1) is 16.2. The highest BCUT2D eigenvalue weighted by Crippen LogP contribution is 2.28. The summed E-state index contributed by atoms with van der Waals surface area (Å²) in [6, 6.07) is 17.3.